The summed E-state index contributed by atoms with van der Waals surface area (Å²) in [6.07, 6.45) is -4.43. The molecular formula is C50H34F3N. The van der Waals surface area contributed by atoms with E-state index in [2.05, 4.69) is 127 Å². The summed E-state index contributed by atoms with van der Waals surface area (Å²) in [4.78, 5) is 2.04. The molecular weight excluding hydrogens is 672 g/mol. The molecule has 0 atom stereocenters. The summed E-state index contributed by atoms with van der Waals surface area (Å²) in [7, 11) is 0. The van der Waals surface area contributed by atoms with Crippen molar-refractivity contribution in [3.05, 3.63) is 199 Å². The fourth-order valence-electron chi connectivity index (χ4n) is 7.89. The van der Waals surface area contributed by atoms with Gasteiger partial charge < -0.3 is 4.90 Å². The second-order valence-electron chi connectivity index (χ2n) is 13.7. The van der Waals surface area contributed by atoms with Gasteiger partial charge in [-0.2, -0.15) is 13.2 Å². The Bertz CT molecular complexity index is 2790. The van der Waals surface area contributed by atoms with E-state index in [1.165, 1.54) is 5.39 Å². The molecule has 0 aliphatic heterocycles. The maximum Gasteiger partial charge on any atom is 0.416 e. The van der Waals surface area contributed by atoms with E-state index < -0.39 is 11.7 Å². The van der Waals surface area contributed by atoms with Gasteiger partial charge in [0.2, 0.25) is 0 Å². The highest BCUT2D eigenvalue weighted by Gasteiger charge is 2.30. The molecule has 0 aliphatic carbocycles. The second-order valence-corrected chi connectivity index (χ2v) is 13.7. The lowest BCUT2D eigenvalue weighted by atomic mass is 9.81. The van der Waals surface area contributed by atoms with E-state index in [1.54, 1.807) is 12.1 Å². The van der Waals surface area contributed by atoms with Crippen LogP contribution in [0.4, 0.5) is 30.2 Å². The molecule has 9 aromatic carbocycles. The van der Waals surface area contributed by atoms with Crippen LogP contribution in [-0.2, 0) is 6.18 Å². The van der Waals surface area contributed by atoms with Gasteiger partial charge in [-0.15, -0.1) is 0 Å². The van der Waals surface area contributed by atoms with Crippen molar-refractivity contribution in [1.82, 2.24) is 0 Å². The number of rotatable bonds is 6. The summed E-state index contributed by atoms with van der Waals surface area (Å²) in [6, 6.07) is 62.6. The molecule has 9 rings (SSSR count). The number of anilines is 3. The average molecular weight is 706 g/mol. The summed E-state index contributed by atoms with van der Waals surface area (Å²) in [5.41, 5.74) is 9.54. The third kappa shape index (κ3) is 5.86. The van der Waals surface area contributed by atoms with Crippen molar-refractivity contribution in [3.8, 4) is 33.4 Å². The van der Waals surface area contributed by atoms with E-state index in [4.69, 9.17) is 0 Å². The lowest BCUT2D eigenvalue weighted by Gasteiger charge is -2.27. The van der Waals surface area contributed by atoms with Gasteiger partial charge in [0.05, 0.1) is 5.56 Å². The highest BCUT2D eigenvalue weighted by Crippen LogP contribution is 2.50. The predicted molar refractivity (Wildman–Crippen MR) is 220 cm³/mol. The molecule has 0 N–H and O–H groups in total. The first-order valence-corrected chi connectivity index (χ1v) is 18.0. The standard InChI is InChI=1S/C50H34F3N/c1-33-14-13-21-39(30-33)54(38-26-24-37(25-27-38)50(51,52)53)40-28-29-43-46(31-40)41-22-11-12-23-42(41)48-45(35-17-7-3-8-18-35)32-44(34-15-5-2-6-16-34)47(49(43)48)36-19-9-4-10-20-36/h2-32H,1H3. The largest absolute Gasteiger partial charge is 0.416 e. The summed E-state index contributed by atoms with van der Waals surface area (Å²) in [5, 5.41) is 6.71. The molecule has 0 fully saturated rings. The quantitative estimate of drug-likeness (QED) is 0.156. The Labute approximate surface area is 312 Å². The number of nitrogens with zero attached hydrogens (tertiary/aromatic N) is 1. The van der Waals surface area contributed by atoms with Crippen LogP contribution < -0.4 is 4.90 Å². The number of hydrogen-bond donors (Lipinski definition) is 0. The number of benzene rings is 9. The van der Waals surface area contributed by atoms with Crippen LogP contribution in [0.5, 0.6) is 0 Å². The summed E-state index contributed by atoms with van der Waals surface area (Å²) in [6.45, 7) is 2.02. The van der Waals surface area contributed by atoms with Crippen LogP contribution in [0.1, 0.15) is 11.1 Å². The molecule has 0 radical (unpaired) electrons. The Morgan fingerprint density at radius 1 is 0.389 bits per heavy atom. The zero-order chi connectivity index (χ0) is 36.8. The molecule has 260 valence electrons. The molecule has 1 nitrogen and oxygen atoms in total. The minimum absolute atomic E-state index is 0.640. The molecule has 0 saturated heterocycles. The highest BCUT2D eigenvalue weighted by molar-refractivity contribution is 6.33. The molecule has 4 heteroatoms. The van der Waals surface area contributed by atoms with Crippen LogP contribution in [-0.4, -0.2) is 0 Å². The molecule has 0 heterocycles. The third-order valence-corrected chi connectivity index (χ3v) is 10.3. The van der Waals surface area contributed by atoms with Crippen LogP contribution >= 0.6 is 0 Å². The van der Waals surface area contributed by atoms with Gasteiger partial charge in [-0.3, -0.25) is 0 Å². The summed E-state index contributed by atoms with van der Waals surface area (Å²) >= 11 is 0. The number of halogens is 3. The zero-order valence-electron chi connectivity index (χ0n) is 29.5. The van der Waals surface area contributed by atoms with E-state index in [0.717, 1.165) is 89.4 Å². The zero-order valence-corrected chi connectivity index (χ0v) is 29.5. The maximum atomic E-state index is 13.7. The molecule has 0 saturated carbocycles. The SMILES string of the molecule is Cc1cccc(N(c2ccc(C(F)(F)F)cc2)c2ccc3c(c2)c2ccccc2c2c(-c4ccccc4)cc(-c4ccccc4)c(-c4ccccc4)c32)c1. The monoisotopic (exact) mass is 705 g/mol. The van der Waals surface area contributed by atoms with Gasteiger partial charge in [-0.05, 0) is 133 Å². The van der Waals surface area contributed by atoms with Crippen LogP contribution in [0.15, 0.2) is 188 Å². The molecule has 0 aromatic heterocycles. The fourth-order valence-corrected chi connectivity index (χ4v) is 7.89. The van der Waals surface area contributed by atoms with E-state index in [1.807, 2.05) is 48.2 Å². The molecule has 0 bridgehead atoms. The summed E-state index contributed by atoms with van der Waals surface area (Å²) < 4.78 is 41.1. The first-order valence-electron chi connectivity index (χ1n) is 18.0. The van der Waals surface area contributed by atoms with Crippen LogP contribution in [0.2, 0.25) is 0 Å². The first kappa shape index (κ1) is 33.2. The van der Waals surface area contributed by atoms with Gasteiger partial charge in [0, 0.05) is 17.1 Å². The summed E-state index contributed by atoms with van der Waals surface area (Å²) in [5.74, 6) is 0. The molecule has 0 aliphatic rings. The van der Waals surface area contributed by atoms with Gasteiger partial charge in [0.15, 0.2) is 0 Å². The first-order chi connectivity index (χ1) is 26.3. The second kappa shape index (κ2) is 13.4. The molecule has 0 unspecified atom stereocenters. The molecule has 0 spiro atoms. The van der Waals surface area contributed by atoms with Gasteiger partial charge in [0.25, 0.3) is 0 Å². The topological polar surface area (TPSA) is 3.24 Å². The van der Waals surface area contributed by atoms with Crippen LogP contribution in [0, 0.1) is 6.92 Å². The Hall–Kier alpha value is -6.65. The van der Waals surface area contributed by atoms with Gasteiger partial charge in [-0.1, -0.05) is 133 Å². The Morgan fingerprint density at radius 2 is 0.926 bits per heavy atom. The lowest BCUT2D eigenvalue weighted by molar-refractivity contribution is -0.137. The van der Waals surface area contributed by atoms with Gasteiger partial charge >= 0.3 is 6.18 Å². The van der Waals surface area contributed by atoms with Crippen molar-refractivity contribution in [2.24, 2.45) is 0 Å². The molecule has 9 aromatic rings. The minimum atomic E-state index is -4.43. The van der Waals surface area contributed by atoms with Gasteiger partial charge in [0.1, 0.15) is 0 Å². The molecule has 54 heavy (non-hydrogen) atoms. The minimum Gasteiger partial charge on any atom is -0.310 e. The van der Waals surface area contributed by atoms with Crippen molar-refractivity contribution < 1.29 is 13.2 Å². The van der Waals surface area contributed by atoms with Crippen molar-refractivity contribution in [2.45, 2.75) is 13.1 Å². The fraction of sp³-hybridized carbons (Fsp3) is 0.0400. The van der Waals surface area contributed by atoms with Crippen molar-refractivity contribution in [2.75, 3.05) is 4.90 Å². The van der Waals surface area contributed by atoms with Crippen molar-refractivity contribution in [1.29, 1.82) is 0 Å². The number of hydrogen-bond acceptors (Lipinski definition) is 1. The van der Waals surface area contributed by atoms with Gasteiger partial charge in [-0.25, -0.2) is 0 Å². The number of fused-ring (bicyclic) bond motifs is 6. The van der Waals surface area contributed by atoms with Crippen molar-refractivity contribution >= 4 is 49.4 Å². The van der Waals surface area contributed by atoms with E-state index in [9.17, 15) is 13.2 Å². The third-order valence-electron chi connectivity index (χ3n) is 10.3. The number of aryl methyl sites for hydroxylation is 1. The Kier molecular flexibility index (Phi) is 8.24. The van der Waals surface area contributed by atoms with E-state index in [0.29, 0.717) is 5.69 Å². The van der Waals surface area contributed by atoms with E-state index >= 15 is 0 Å². The Balaban J connectivity index is 1.42. The highest BCUT2D eigenvalue weighted by atomic mass is 19.4. The maximum absolute atomic E-state index is 13.7. The van der Waals surface area contributed by atoms with Crippen LogP contribution in [0.3, 0.4) is 0 Å². The normalized spacial score (nSPS) is 11.7. The smallest absolute Gasteiger partial charge is 0.310 e. The molecule has 0 amide bonds. The average Bonchev–Trinajstić information content (AvgIpc) is 3.21. The predicted octanol–water partition coefficient (Wildman–Crippen LogP) is 14.9. The van der Waals surface area contributed by atoms with Crippen molar-refractivity contribution in [3.63, 3.8) is 0 Å². The Morgan fingerprint density at radius 3 is 1.56 bits per heavy atom. The lowest BCUT2D eigenvalue weighted by Crippen LogP contribution is -2.11. The number of alkyl halides is 3. The van der Waals surface area contributed by atoms with Crippen LogP contribution in [0.25, 0.3) is 65.7 Å². The van der Waals surface area contributed by atoms with E-state index in [-0.39, 0.29) is 0 Å².